The molecule has 8 nitrogen and oxygen atoms in total. The van der Waals surface area contributed by atoms with Crippen LogP contribution in [-0.2, 0) is 11.2 Å². The molecule has 34 heavy (non-hydrogen) atoms. The largest absolute Gasteiger partial charge is 0.453 e. The van der Waals surface area contributed by atoms with Gasteiger partial charge >= 0.3 is 0 Å². The van der Waals surface area contributed by atoms with Gasteiger partial charge in [0.15, 0.2) is 11.6 Å². The highest BCUT2D eigenvalue weighted by Crippen LogP contribution is 2.39. The van der Waals surface area contributed by atoms with Crippen molar-refractivity contribution in [2.75, 3.05) is 13.1 Å². The molecule has 0 saturated carbocycles. The number of carbonyl (C=O) groups is 1. The molecule has 0 atom stereocenters. The Bertz CT molecular complexity index is 1390. The second-order valence-electron chi connectivity index (χ2n) is 7.89. The van der Waals surface area contributed by atoms with Crippen molar-refractivity contribution in [1.82, 2.24) is 14.9 Å². The number of amides is 1. The van der Waals surface area contributed by atoms with Gasteiger partial charge in [-0.3, -0.25) is 24.9 Å². The number of hydrogen-bond acceptors (Lipinski definition) is 7. The summed E-state index contributed by atoms with van der Waals surface area (Å²) in [7, 11) is 0. The molecule has 1 saturated heterocycles. The molecular formula is C24H19FN4O4S. The van der Waals surface area contributed by atoms with E-state index in [2.05, 4.69) is 9.97 Å². The Morgan fingerprint density at radius 3 is 2.74 bits per heavy atom. The van der Waals surface area contributed by atoms with Gasteiger partial charge in [-0.1, -0.05) is 6.07 Å². The summed E-state index contributed by atoms with van der Waals surface area (Å²) >= 11 is 1.42. The summed E-state index contributed by atoms with van der Waals surface area (Å²) < 4.78 is 20.8. The lowest BCUT2D eigenvalue weighted by Gasteiger charge is -2.14. The lowest BCUT2D eigenvalue weighted by atomic mass is 10.2. The molecule has 1 amide bonds. The van der Waals surface area contributed by atoms with Crippen LogP contribution >= 0.6 is 11.3 Å². The number of fused-ring (bicyclic) bond motifs is 1. The molecule has 172 valence electrons. The first-order chi connectivity index (χ1) is 16.5. The first-order valence-electron chi connectivity index (χ1n) is 10.7. The van der Waals surface area contributed by atoms with E-state index in [1.165, 1.54) is 23.5 Å². The molecule has 3 aromatic heterocycles. The molecule has 1 aliphatic heterocycles. The highest BCUT2D eigenvalue weighted by Gasteiger charge is 2.19. The number of pyridine rings is 2. The van der Waals surface area contributed by atoms with Crippen LogP contribution in [0.25, 0.3) is 20.8 Å². The number of thiophene rings is 1. The van der Waals surface area contributed by atoms with E-state index in [1.807, 2.05) is 29.3 Å². The van der Waals surface area contributed by atoms with E-state index < -0.39 is 10.7 Å². The van der Waals surface area contributed by atoms with Crippen molar-refractivity contribution in [2.24, 2.45) is 0 Å². The summed E-state index contributed by atoms with van der Waals surface area (Å²) in [5, 5.41) is 10.8. The number of aromatic nitrogens is 2. The molecule has 1 fully saturated rings. The molecule has 0 aliphatic carbocycles. The minimum atomic E-state index is -0.816. The fourth-order valence-corrected chi connectivity index (χ4v) is 4.89. The smallest absolute Gasteiger partial charge is 0.272 e. The quantitative estimate of drug-likeness (QED) is 0.262. The number of likely N-dealkylation sites (tertiary alicyclic amines) is 1. The van der Waals surface area contributed by atoms with Crippen LogP contribution in [0.15, 0.2) is 54.9 Å². The first-order valence-corrected chi connectivity index (χ1v) is 11.5. The van der Waals surface area contributed by atoms with E-state index in [1.54, 1.807) is 12.3 Å². The highest BCUT2D eigenvalue weighted by molar-refractivity contribution is 7.22. The minimum Gasteiger partial charge on any atom is -0.453 e. The van der Waals surface area contributed by atoms with E-state index in [0.29, 0.717) is 28.9 Å². The van der Waals surface area contributed by atoms with E-state index in [-0.39, 0.29) is 17.3 Å². The third kappa shape index (κ3) is 4.44. The molecule has 0 unspecified atom stereocenters. The second kappa shape index (κ2) is 9.14. The molecule has 0 spiro atoms. The minimum absolute atomic E-state index is 0.105. The van der Waals surface area contributed by atoms with Crippen LogP contribution in [0, 0.1) is 15.9 Å². The lowest BCUT2D eigenvalue weighted by Crippen LogP contribution is -2.26. The molecule has 4 aromatic rings. The maximum absolute atomic E-state index is 14.3. The van der Waals surface area contributed by atoms with Gasteiger partial charge in [0.1, 0.15) is 5.75 Å². The average Bonchev–Trinajstić information content (AvgIpc) is 3.46. The molecule has 5 rings (SSSR count). The molecule has 0 N–H and O–H groups in total. The lowest BCUT2D eigenvalue weighted by molar-refractivity contribution is -0.385. The fraction of sp³-hybridized carbons (Fsp3) is 0.208. The van der Waals surface area contributed by atoms with Crippen LogP contribution in [0.1, 0.15) is 18.4 Å². The molecule has 0 bridgehead atoms. The van der Waals surface area contributed by atoms with Crippen LogP contribution in [0.2, 0.25) is 0 Å². The Morgan fingerprint density at radius 1 is 1.15 bits per heavy atom. The molecule has 1 aromatic carbocycles. The molecular weight excluding hydrogens is 459 g/mol. The van der Waals surface area contributed by atoms with Crippen LogP contribution in [0.5, 0.6) is 11.5 Å². The summed E-state index contributed by atoms with van der Waals surface area (Å²) in [6, 6.07) is 10.7. The number of nitrogens with zero attached hydrogens (tertiary/aromatic N) is 4. The zero-order valence-electron chi connectivity index (χ0n) is 17.9. The van der Waals surface area contributed by atoms with Gasteiger partial charge in [-0.25, -0.2) is 4.39 Å². The van der Waals surface area contributed by atoms with Gasteiger partial charge in [-0.15, -0.1) is 11.3 Å². The van der Waals surface area contributed by atoms with Gasteiger partial charge in [0.05, 0.1) is 31.8 Å². The second-order valence-corrected chi connectivity index (χ2v) is 8.95. The summed E-state index contributed by atoms with van der Waals surface area (Å²) in [5.74, 6) is -0.300. The number of hydrogen-bond donors (Lipinski definition) is 0. The number of rotatable bonds is 7. The monoisotopic (exact) mass is 478 g/mol. The number of carbonyl (C=O) groups excluding carboxylic acids is 1. The number of ether oxygens (including phenoxy) is 1. The zero-order valence-corrected chi connectivity index (χ0v) is 18.8. The van der Waals surface area contributed by atoms with Gasteiger partial charge in [0.25, 0.3) is 5.69 Å². The Balaban J connectivity index is 1.35. The highest BCUT2D eigenvalue weighted by atomic mass is 32.1. The number of benzene rings is 1. The van der Waals surface area contributed by atoms with Crippen molar-refractivity contribution in [2.45, 2.75) is 19.3 Å². The summed E-state index contributed by atoms with van der Waals surface area (Å²) in [6.07, 6.45) is 5.70. The van der Waals surface area contributed by atoms with Crippen molar-refractivity contribution in [1.29, 1.82) is 0 Å². The Morgan fingerprint density at radius 2 is 2.03 bits per heavy atom. The summed E-state index contributed by atoms with van der Waals surface area (Å²) in [5.41, 5.74) is 2.17. The van der Waals surface area contributed by atoms with Crippen molar-refractivity contribution >= 4 is 33.1 Å². The SMILES string of the molecule is O=C1CCCN1CCc1ccc(-c2cc3nccc(Oc4ccc([N+](=O)[O-])cc4F)c3s2)nc1. The van der Waals surface area contributed by atoms with E-state index in [9.17, 15) is 19.3 Å². The number of nitro groups is 1. The number of non-ortho nitro benzene ring substituents is 1. The van der Waals surface area contributed by atoms with Gasteiger partial charge in [0.2, 0.25) is 5.91 Å². The third-order valence-corrected chi connectivity index (χ3v) is 6.80. The van der Waals surface area contributed by atoms with E-state index >= 15 is 0 Å². The van der Waals surface area contributed by atoms with E-state index in [0.717, 1.165) is 41.6 Å². The number of nitro benzene ring substituents is 1. The molecule has 10 heteroatoms. The van der Waals surface area contributed by atoms with Gasteiger partial charge in [-0.2, -0.15) is 0 Å². The Labute approximate surface area is 197 Å². The molecule has 1 aliphatic rings. The van der Waals surface area contributed by atoms with Gasteiger partial charge < -0.3 is 9.64 Å². The summed E-state index contributed by atoms with van der Waals surface area (Å²) in [4.78, 5) is 33.7. The fourth-order valence-electron chi connectivity index (χ4n) is 3.85. The van der Waals surface area contributed by atoms with Gasteiger partial charge in [-0.05, 0) is 36.6 Å². The first kappa shape index (κ1) is 21.9. The molecule has 0 radical (unpaired) electrons. The maximum atomic E-state index is 14.3. The van der Waals surface area contributed by atoms with Gasteiger partial charge in [0, 0.05) is 44.0 Å². The van der Waals surface area contributed by atoms with Crippen molar-refractivity contribution in [3.63, 3.8) is 0 Å². The standard InChI is InChI=1S/C24H19FN4O4S/c25-17-12-16(29(31)32)4-6-20(17)33-21-7-9-26-19-13-22(34-24(19)21)18-5-3-15(14-27-18)8-11-28-10-1-2-23(28)30/h3-7,9,12-14H,1-2,8,10-11H2. The Hall–Kier alpha value is -3.92. The predicted octanol–water partition coefficient (Wildman–Crippen LogP) is 5.36. The van der Waals surface area contributed by atoms with Crippen LogP contribution in [0.4, 0.5) is 10.1 Å². The zero-order chi connectivity index (χ0) is 23.7. The van der Waals surface area contributed by atoms with Crippen molar-refractivity contribution in [3.05, 3.63) is 76.4 Å². The predicted molar refractivity (Wildman–Crippen MR) is 125 cm³/mol. The Kier molecular flexibility index (Phi) is 5.89. The van der Waals surface area contributed by atoms with E-state index in [4.69, 9.17) is 4.74 Å². The van der Waals surface area contributed by atoms with Crippen LogP contribution in [-0.4, -0.2) is 38.8 Å². The molecule has 4 heterocycles. The maximum Gasteiger partial charge on any atom is 0.272 e. The third-order valence-electron chi connectivity index (χ3n) is 5.64. The normalized spacial score (nSPS) is 13.6. The summed E-state index contributed by atoms with van der Waals surface area (Å²) in [6.45, 7) is 1.53. The van der Waals surface area contributed by atoms with Crippen molar-refractivity contribution in [3.8, 4) is 22.1 Å². The van der Waals surface area contributed by atoms with Crippen molar-refractivity contribution < 1.29 is 18.8 Å². The number of halogens is 1. The van der Waals surface area contributed by atoms with Crippen LogP contribution in [0.3, 0.4) is 0 Å². The average molecular weight is 479 g/mol. The van der Waals surface area contributed by atoms with Crippen LogP contribution < -0.4 is 4.74 Å². The topological polar surface area (TPSA) is 98.5 Å².